The molecule has 0 saturated carbocycles. The number of rotatable bonds is 8. The molecule has 3 aromatic carbocycles. The summed E-state index contributed by atoms with van der Waals surface area (Å²) in [5.41, 5.74) is 1.54. The molecule has 2 N–H and O–H groups in total. The van der Waals surface area contributed by atoms with Gasteiger partial charge < -0.3 is 5.32 Å². The lowest BCUT2D eigenvalue weighted by Gasteiger charge is -2.22. The highest BCUT2D eigenvalue weighted by Gasteiger charge is 2.21. The van der Waals surface area contributed by atoms with Crippen LogP contribution in [0.3, 0.4) is 0 Å². The first-order valence-corrected chi connectivity index (χ1v) is 11.4. The zero-order chi connectivity index (χ0) is 21.6. The average molecular weight is 423 g/mol. The Labute approximate surface area is 178 Å². The van der Waals surface area contributed by atoms with Gasteiger partial charge in [-0.2, -0.15) is 0 Å². The van der Waals surface area contributed by atoms with Crippen molar-refractivity contribution in [3.8, 4) is 0 Å². The van der Waals surface area contributed by atoms with Crippen LogP contribution in [-0.4, -0.2) is 14.3 Å². The Hall–Kier alpha value is -3.12. The smallest absolute Gasteiger partial charge is 0.261 e. The standard InChI is InChI=1S/C24H26N2O3S/c1-18(2)17-23(19-11-5-3-6-12-19)25-24(27)21-15-9-10-16-22(21)26-30(28,29)20-13-7-4-8-14-20/h3-16,18,23,26H,17H2,1-2H3,(H,25,27). The molecule has 1 atom stereocenters. The summed E-state index contributed by atoms with van der Waals surface area (Å²) in [6.07, 6.45) is 0.771. The van der Waals surface area contributed by atoms with E-state index in [-0.39, 0.29) is 28.1 Å². The summed E-state index contributed by atoms with van der Waals surface area (Å²) >= 11 is 0. The van der Waals surface area contributed by atoms with E-state index in [9.17, 15) is 13.2 Å². The molecule has 0 aliphatic carbocycles. The maximum atomic E-state index is 13.1. The quantitative estimate of drug-likeness (QED) is 0.536. The van der Waals surface area contributed by atoms with Crippen molar-refractivity contribution in [1.29, 1.82) is 0 Å². The lowest BCUT2D eigenvalue weighted by atomic mass is 9.96. The van der Waals surface area contributed by atoms with Crippen LogP contribution in [0.4, 0.5) is 5.69 Å². The number of nitrogens with one attached hydrogen (secondary N) is 2. The second-order valence-corrected chi connectivity index (χ2v) is 9.21. The molecule has 0 aromatic heterocycles. The van der Waals surface area contributed by atoms with Gasteiger partial charge in [-0.15, -0.1) is 0 Å². The lowest BCUT2D eigenvalue weighted by Crippen LogP contribution is -2.30. The number of hydrogen-bond donors (Lipinski definition) is 2. The Balaban J connectivity index is 1.86. The zero-order valence-electron chi connectivity index (χ0n) is 17.1. The van der Waals surface area contributed by atoms with Crippen molar-refractivity contribution in [3.05, 3.63) is 96.1 Å². The number of sulfonamides is 1. The van der Waals surface area contributed by atoms with Crippen LogP contribution in [0, 0.1) is 5.92 Å². The Morgan fingerprint density at radius 2 is 1.40 bits per heavy atom. The highest BCUT2D eigenvalue weighted by molar-refractivity contribution is 7.92. The minimum atomic E-state index is -3.80. The summed E-state index contributed by atoms with van der Waals surface area (Å²) in [7, 11) is -3.80. The van der Waals surface area contributed by atoms with Crippen molar-refractivity contribution in [3.63, 3.8) is 0 Å². The predicted octanol–water partition coefficient (Wildman–Crippen LogP) is 5.00. The van der Waals surface area contributed by atoms with E-state index in [1.807, 2.05) is 30.3 Å². The van der Waals surface area contributed by atoms with E-state index < -0.39 is 10.0 Å². The molecule has 30 heavy (non-hydrogen) atoms. The minimum Gasteiger partial charge on any atom is -0.345 e. The van der Waals surface area contributed by atoms with Crippen LogP contribution in [0.1, 0.15) is 42.2 Å². The summed E-state index contributed by atoms with van der Waals surface area (Å²) in [4.78, 5) is 13.2. The van der Waals surface area contributed by atoms with Crippen LogP contribution in [0.15, 0.2) is 89.8 Å². The number of amides is 1. The fraction of sp³-hybridized carbons (Fsp3) is 0.208. The molecule has 3 aromatic rings. The normalized spacial score (nSPS) is 12.4. The first kappa shape index (κ1) is 21.6. The van der Waals surface area contributed by atoms with Crippen molar-refractivity contribution in [2.75, 3.05) is 4.72 Å². The van der Waals surface area contributed by atoms with Crippen molar-refractivity contribution in [2.45, 2.75) is 31.2 Å². The van der Waals surface area contributed by atoms with Gasteiger partial charge in [-0.1, -0.05) is 74.5 Å². The Morgan fingerprint density at radius 1 is 0.833 bits per heavy atom. The topological polar surface area (TPSA) is 75.3 Å². The molecule has 0 heterocycles. The summed E-state index contributed by atoms with van der Waals surface area (Å²) in [6.45, 7) is 4.20. The van der Waals surface area contributed by atoms with Gasteiger partial charge in [-0.05, 0) is 42.2 Å². The Kier molecular flexibility index (Phi) is 6.90. The molecule has 0 spiro atoms. The summed E-state index contributed by atoms with van der Waals surface area (Å²) < 4.78 is 28.0. The number of anilines is 1. The molecule has 0 aliphatic rings. The zero-order valence-corrected chi connectivity index (χ0v) is 17.9. The van der Waals surface area contributed by atoms with E-state index in [1.165, 1.54) is 12.1 Å². The van der Waals surface area contributed by atoms with Crippen LogP contribution in [0.5, 0.6) is 0 Å². The summed E-state index contributed by atoms with van der Waals surface area (Å²) in [5.74, 6) is 0.0539. The molecule has 156 valence electrons. The van der Waals surface area contributed by atoms with Crippen molar-refractivity contribution >= 4 is 21.6 Å². The molecular formula is C24H26N2O3S. The molecule has 0 aliphatic heterocycles. The summed E-state index contributed by atoms with van der Waals surface area (Å²) in [5, 5.41) is 3.07. The second kappa shape index (κ2) is 9.59. The number of para-hydroxylation sites is 1. The average Bonchev–Trinajstić information content (AvgIpc) is 2.74. The number of carbonyl (C=O) groups excluding carboxylic acids is 1. The van der Waals surface area contributed by atoms with E-state index in [0.717, 1.165) is 12.0 Å². The number of hydrogen-bond acceptors (Lipinski definition) is 3. The third kappa shape index (κ3) is 5.48. The molecular weight excluding hydrogens is 396 g/mol. The van der Waals surface area contributed by atoms with Gasteiger partial charge in [0.05, 0.1) is 22.2 Å². The fourth-order valence-corrected chi connectivity index (χ4v) is 4.35. The van der Waals surface area contributed by atoms with Gasteiger partial charge in [0.1, 0.15) is 0 Å². The molecule has 1 unspecified atom stereocenters. The predicted molar refractivity (Wildman–Crippen MR) is 120 cm³/mol. The van der Waals surface area contributed by atoms with Gasteiger partial charge in [0.2, 0.25) is 0 Å². The second-order valence-electron chi connectivity index (χ2n) is 7.53. The Bertz CT molecular complexity index is 1080. The molecule has 0 fully saturated rings. The molecule has 3 rings (SSSR count). The highest BCUT2D eigenvalue weighted by atomic mass is 32.2. The molecule has 0 radical (unpaired) electrons. The van der Waals surface area contributed by atoms with E-state index in [2.05, 4.69) is 23.9 Å². The third-order valence-corrected chi connectivity index (χ3v) is 6.07. The van der Waals surface area contributed by atoms with E-state index in [0.29, 0.717) is 5.92 Å². The van der Waals surface area contributed by atoms with Crippen LogP contribution in [0.25, 0.3) is 0 Å². The first-order valence-electron chi connectivity index (χ1n) is 9.89. The monoisotopic (exact) mass is 422 g/mol. The SMILES string of the molecule is CC(C)CC(NC(=O)c1ccccc1NS(=O)(=O)c1ccccc1)c1ccccc1. The van der Waals surface area contributed by atoms with Crippen molar-refractivity contribution in [2.24, 2.45) is 5.92 Å². The van der Waals surface area contributed by atoms with E-state index >= 15 is 0 Å². The lowest BCUT2D eigenvalue weighted by molar-refractivity contribution is 0.0933. The molecule has 6 heteroatoms. The largest absolute Gasteiger partial charge is 0.345 e. The van der Waals surface area contributed by atoms with Gasteiger partial charge in [0, 0.05) is 0 Å². The van der Waals surface area contributed by atoms with E-state index in [1.54, 1.807) is 42.5 Å². The number of carbonyl (C=O) groups is 1. The fourth-order valence-electron chi connectivity index (χ4n) is 3.24. The van der Waals surface area contributed by atoms with Crippen molar-refractivity contribution < 1.29 is 13.2 Å². The van der Waals surface area contributed by atoms with Gasteiger partial charge in [0.15, 0.2) is 0 Å². The van der Waals surface area contributed by atoms with Gasteiger partial charge in [-0.3, -0.25) is 9.52 Å². The van der Waals surface area contributed by atoms with Crippen LogP contribution in [-0.2, 0) is 10.0 Å². The maximum absolute atomic E-state index is 13.1. The minimum absolute atomic E-state index is 0.141. The van der Waals surface area contributed by atoms with Gasteiger partial charge in [0.25, 0.3) is 15.9 Å². The molecule has 0 saturated heterocycles. The maximum Gasteiger partial charge on any atom is 0.261 e. The first-order chi connectivity index (χ1) is 14.4. The van der Waals surface area contributed by atoms with E-state index in [4.69, 9.17) is 0 Å². The third-order valence-electron chi connectivity index (χ3n) is 4.68. The summed E-state index contributed by atoms with van der Waals surface area (Å²) in [6, 6.07) is 24.3. The van der Waals surface area contributed by atoms with Gasteiger partial charge in [-0.25, -0.2) is 8.42 Å². The Morgan fingerprint density at radius 3 is 2.03 bits per heavy atom. The highest BCUT2D eigenvalue weighted by Crippen LogP contribution is 2.24. The number of benzene rings is 3. The molecule has 1 amide bonds. The molecule has 5 nitrogen and oxygen atoms in total. The van der Waals surface area contributed by atoms with Crippen molar-refractivity contribution in [1.82, 2.24) is 5.32 Å². The van der Waals surface area contributed by atoms with Gasteiger partial charge >= 0.3 is 0 Å². The molecule has 0 bridgehead atoms. The van der Waals surface area contributed by atoms with Crippen LogP contribution >= 0.6 is 0 Å². The van der Waals surface area contributed by atoms with Crippen LogP contribution in [0.2, 0.25) is 0 Å². The van der Waals surface area contributed by atoms with Crippen LogP contribution < -0.4 is 10.0 Å².